The largest absolute Gasteiger partial charge is 0.359 e. The van der Waals surface area contributed by atoms with Crippen molar-refractivity contribution in [1.29, 1.82) is 0 Å². The van der Waals surface area contributed by atoms with Gasteiger partial charge in [0.2, 0.25) is 0 Å². The lowest BCUT2D eigenvalue weighted by molar-refractivity contribution is 0.249. The van der Waals surface area contributed by atoms with Gasteiger partial charge in [-0.3, -0.25) is 0 Å². The van der Waals surface area contributed by atoms with Crippen LogP contribution in [0.1, 0.15) is 26.2 Å². The van der Waals surface area contributed by atoms with Crippen molar-refractivity contribution in [2.75, 3.05) is 31.6 Å². The number of aromatic nitrogens is 1. The van der Waals surface area contributed by atoms with Crippen molar-refractivity contribution >= 4 is 16.6 Å². The first-order valence-electron chi connectivity index (χ1n) is 8.04. The van der Waals surface area contributed by atoms with E-state index in [1.165, 1.54) is 43.1 Å². The molecule has 0 spiro atoms. The standard InChI is InChI=1S/C18H25N3/c1-15(21-12-5-6-13-21)10-14-20(2)18-17-8-4-3-7-16(17)9-11-19-18/h3-4,7-9,11,15H,5-6,10,12-14H2,1-2H3. The fourth-order valence-corrected chi connectivity index (χ4v) is 3.26. The van der Waals surface area contributed by atoms with Gasteiger partial charge in [-0.2, -0.15) is 0 Å². The Hall–Kier alpha value is -1.61. The molecule has 3 rings (SSSR count). The zero-order valence-electron chi connectivity index (χ0n) is 13.1. The van der Waals surface area contributed by atoms with E-state index in [1.54, 1.807) is 0 Å². The fraction of sp³-hybridized carbons (Fsp3) is 0.500. The van der Waals surface area contributed by atoms with E-state index in [1.807, 2.05) is 6.20 Å². The number of likely N-dealkylation sites (tertiary alicyclic amines) is 1. The van der Waals surface area contributed by atoms with Crippen molar-refractivity contribution in [2.24, 2.45) is 0 Å². The Morgan fingerprint density at radius 2 is 1.95 bits per heavy atom. The molecule has 2 heterocycles. The van der Waals surface area contributed by atoms with Crippen molar-refractivity contribution in [2.45, 2.75) is 32.2 Å². The molecule has 112 valence electrons. The lowest BCUT2D eigenvalue weighted by Gasteiger charge is -2.27. The van der Waals surface area contributed by atoms with Crippen LogP contribution in [-0.4, -0.2) is 42.6 Å². The van der Waals surface area contributed by atoms with Crippen LogP contribution < -0.4 is 4.90 Å². The first-order chi connectivity index (χ1) is 10.3. The van der Waals surface area contributed by atoms with Crippen molar-refractivity contribution in [3.05, 3.63) is 36.5 Å². The molecule has 1 aliphatic rings. The van der Waals surface area contributed by atoms with Crippen LogP contribution in [0.3, 0.4) is 0 Å². The second-order valence-corrected chi connectivity index (χ2v) is 6.16. The van der Waals surface area contributed by atoms with Gasteiger partial charge in [0, 0.05) is 31.2 Å². The number of rotatable bonds is 5. The number of fused-ring (bicyclic) bond motifs is 1. The molecule has 1 atom stereocenters. The molecule has 1 aromatic carbocycles. The van der Waals surface area contributed by atoms with E-state index in [2.05, 4.69) is 59.1 Å². The van der Waals surface area contributed by atoms with Crippen LogP contribution in [-0.2, 0) is 0 Å². The summed E-state index contributed by atoms with van der Waals surface area (Å²) in [5.41, 5.74) is 0. The van der Waals surface area contributed by atoms with Crippen LogP contribution in [0, 0.1) is 0 Å². The summed E-state index contributed by atoms with van der Waals surface area (Å²) in [5.74, 6) is 1.10. The second kappa shape index (κ2) is 6.44. The van der Waals surface area contributed by atoms with Crippen LogP contribution in [0.4, 0.5) is 5.82 Å². The lowest BCUT2D eigenvalue weighted by atomic mass is 10.1. The number of hydrogen-bond acceptors (Lipinski definition) is 3. The van der Waals surface area contributed by atoms with E-state index in [0.717, 1.165) is 12.4 Å². The molecular formula is C18H25N3. The summed E-state index contributed by atoms with van der Waals surface area (Å²) in [4.78, 5) is 9.51. The van der Waals surface area contributed by atoms with E-state index in [0.29, 0.717) is 6.04 Å². The molecule has 3 nitrogen and oxygen atoms in total. The summed E-state index contributed by atoms with van der Waals surface area (Å²) in [6, 6.07) is 11.2. The highest BCUT2D eigenvalue weighted by atomic mass is 15.2. The van der Waals surface area contributed by atoms with Crippen LogP contribution in [0.5, 0.6) is 0 Å². The molecule has 0 aliphatic carbocycles. The third kappa shape index (κ3) is 3.18. The molecule has 1 aromatic heterocycles. The number of hydrogen-bond donors (Lipinski definition) is 0. The van der Waals surface area contributed by atoms with Crippen LogP contribution >= 0.6 is 0 Å². The molecule has 1 fully saturated rings. The van der Waals surface area contributed by atoms with Crippen molar-refractivity contribution in [3.63, 3.8) is 0 Å². The smallest absolute Gasteiger partial charge is 0.136 e. The Balaban J connectivity index is 1.67. The predicted octanol–water partition coefficient (Wildman–Crippen LogP) is 3.55. The third-order valence-electron chi connectivity index (χ3n) is 4.66. The summed E-state index contributed by atoms with van der Waals surface area (Å²) in [5, 5.41) is 2.51. The first kappa shape index (κ1) is 14.3. The van der Waals surface area contributed by atoms with E-state index in [9.17, 15) is 0 Å². The quantitative estimate of drug-likeness (QED) is 0.836. The zero-order valence-corrected chi connectivity index (χ0v) is 13.1. The van der Waals surface area contributed by atoms with E-state index in [4.69, 9.17) is 0 Å². The highest BCUT2D eigenvalue weighted by molar-refractivity contribution is 5.91. The van der Waals surface area contributed by atoms with E-state index in [-0.39, 0.29) is 0 Å². The highest BCUT2D eigenvalue weighted by Crippen LogP contribution is 2.23. The third-order valence-corrected chi connectivity index (χ3v) is 4.66. The number of pyridine rings is 1. The van der Waals surface area contributed by atoms with Crippen LogP contribution in [0.25, 0.3) is 10.8 Å². The molecule has 0 amide bonds. The molecule has 21 heavy (non-hydrogen) atoms. The second-order valence-electron chi connectivity index (χ2n) is 6.16. The maximum Gasteiger partial charge on any atom is 0.136 e. The molecule has 1 unspecified atom stereocenters. The minimum Gasteiger partial charge on any atom is -0.359 e. The molecule has 0 N–H and O–H groups in total. The van der Waals surface area contributed by atoms with E-state index >= 15 is 0 Å². The van der Waals surface area contributed by atoms with Gasteiger partial charge in [-0.05, 0) is 50.7 Å². The summed E-state index contributed by atoms with van der Waals surface area (Å²) in [6.45, 7) is 5.96. The SMILES string of the molecule is CC(CCN(C)c1nccc2ccccc12)N1CCCC1. The minimum absolute atomic E-state index is 0.671. The molecule has 1 saturated heterocycles. The molecule has 1 aliphatic heterocycles. The Kier molecular flexibility index (Phi) is 4.39. The van der Waals surface area contributed by atoms with Crippen molar-refractivity contribution < 1.29 is 0 Å². The minimum atomic E-state index is 0.671. The predicted molar refractivity (Wildman–Crippen MR) is 89.9 cm³/mol. The maximum absolute atomic E-state index is 4.59. The van der Waals surface area contributed by atoms with Gasteiger partial charge in [-0.25, -0.2) is 4.98 Å². The molecule has 0 radical (unpaired) electrons. The normalized spacial score (nSPS) is 17.2. The van der Waals surface area contributed by atoms with Crippen LogP contribution in [0.15, 0.2) is 36.5 Å². The lowest BCUT2D eigenvalue weighted by Crippen LogP contribution is -2.33. The van der Waals surface area contributed by atoms with Gasteiger partial charge < -0.3 is 9.80 Å². The van der Waals surface area contributed by atoms with Crippen LogP contribution in [0.2, 0.25) is 0 Å². The number of anilines is 1. The molecular weight excluding hydrogens is 258 g/mol. The summed E-state index contributed by atoms with van der Waals surface area (Å²) in [6.07, 6.45) is 5.84. The number of benzene rings is 1. The molecule has 3 heteroatoms. The van der Waals surface area contributed by atoms with Gasteiger partial charge in [-0.15, -0.1) is 0 Å². The molecule has 0 bridgehead atoms. The van der Waals surface area contributed by atoms with Gasteiger partial charge >= 0.3 is 0 Å². The Morgan fingerprint density at radius 1 is 1.19 bits per heavy atom. The van der Waals surface area contributed by atoms with E-state index < -0.39 is 0 Å². The summed E-state index contributed by atoms with van der Waals surface area (Å²) >= 11 is 0. The fourth-order valence-electron chi connectivity index (χ4n) is 3.26. The van der Waals surface area contributed by atoms with Gasteiger partial charge in [0.1, 0.15) is 5.82 Å². The maximum atomic E-state index is 4.59. The van der Waals surface area contributed by atoms with Gasteiger partial charge in [0.25, 0.3) is 0 Å². The summed E-state index contributed by atoms with van der Waals surface area (Å²) < 4.78 is 0. The van der Waals surface area contributed by atoms with Gasteiger partial charge in [-0.1, -0.05) is 24.3 Å². The Morgan fingerprint density at radius 3 is 2.76 bits per heavy atom. The highest BCUT2D eigenvalue weighted by Gasteiger charge is 2.18. The molecule has 0 saturated carbocycles. The topological polar surface area (TPSA) is 19.4 Å². The first-order valence-corrected chi connectivity index (χ1v) is 8.04. The van der Waals surface area contributed by atoms with Crippen molar-refractivity contribution in [3.8, 4) is 0 Å². The Labute approximate surface area is 127 Å². The Bertz CT molecular complexity index is 585. The number of nitrogens with zero attached hydrogens (tertiary/aromatic N) is 3. The summed E-state index contributed by atoms with van der Waals surface area (Å²) in [7, 11) is 2.16. The van der Waals surface area contributed by atoms with Gasteiger partial charge in [0.15, 0.2) is 0 Å². The average molecular weight is 283 g/mol. The average Bonchev–Trinajstić information content (AvgIpc) is 3.06. The van der Waals surface area contributed by atoms with Gasteiger partial charge in [0.05, 0.1) is 0 Å². The zero-order chi connectivity index (χ0) is 14.7. The molecule has 2 aromatic rings. The van der Waals surface area contributed by atoms with Crippen molar-refractivity contribution in [1.82, 2.24) is 9.88 Å². The monoisotopic (exact) mass is 283 g/mol.